The second kappa shape index (κ2) is 8.36. The molecule has 24 heavy (non-hydrogen) atoms. The molecule has 2 aromatic rings. The van der Waals surface area contributed by atoms with Crippen molar-refractivity contribution in [3.63, 3.8) is 0 Å². The van der Waals surface area contributed by atoms with Gasteiger partial charge in [0.05, 0.1) is 12.8 Å². The highest BCUT2D eigenvalue weighted by molar-refractivity contribution is 5.99. The van der Waals surface area contributed by atoms with Crippen LogP contribution >= 0.6 is 0 Å². The molecule has 0 saturated heterocycles. The van der Waals surface area contributed by atoms with Gasteiger partial charge in [-0.3, -0.25) is 0 Å². The zero-order valence-corrected chi connectivity index (χ0v) is 14.6. The van der Waals surface area contributed by atoms with Gasteiger partial charge in [0.25, 0.3) is 0 Å². The van der Waals surface area contributed by atoms with Crippen LogP contribution in [-0.4, -0.2) is 50.2 Å². The van der Waals surface area contributed by atoms with Gasteiger partial charge in [0.2, 0.25) is 0 Å². The van der Waals surface area contributed by atoms with Gasteiger partial charge in [-0.2, -0.15) is 0 Å². The molecule has 0 atom stereocenters. The molecule has 0 aromatic heterocycles. The Labute approximate surface area is 143 Å². The van der Waals surface area contributed by atoms with E-state index in [9.17, 15) is 0 Å². The minimum absolute atomic E-state index is 0.558. The van der Waals surface area contributed by atoms with Crippen molar-refractivity contribution < 1.29 is 14.7 Å². The van der Waals surface area contributed by atoms with E-state index in [-0.39, 0.29) is 0 Å². The first-order valence-corrected chi connectivity index (χ1v) is 7.80. The summed E-state index contributed by atoms with van der Waals surface area (Å²) in [5.41, 5.74) is 3.36. The number of oxime groups is 1. The summed E-state index contributed by atoms with van der Waals surface area (Å²) in [6, 6.07) is 13.6. The Morgan fingerprint density at radius 1 is 1.12 bits per heavy atom. The molecule has 2 aromatic carbocycles. The molecule has 0 aliphatic carbocycles. The van der Waals surface area contributed by atoms with Crippen molar-refractivity contribution in [2.75, 3.05) is 34.4 Å². The minimum Gasteiger partial charge on any atom is -0.496 e. The highest BCUT2D eigenvalue weighted by atomic mass is 16.5. The topological polar surface area (TPSA) is 54.3 Å². The number of hydrogen-bond donors (Lipinski definition) is 1. The van der Waals surface area contributed by atoms with E-state index >= 15 is 0 Å². The zero-order valence-electron chi connectivity index (χ0n) is 14.6. The standard InChI is InChI=1S/C19H24N2O3/c1-14(20-22)16-7-10-19(23-4)18(13-16)15-5-8-17(9-6-15)24-12-11-21(2)3/h5-10,13,22H,11-12H2,1-4H3/b20-14+. The van der Waals surface area contributed by atoms with Gasteiger partial charge in [0.1, 0.15) is 18.1 Å². The average molecular weight is 328 g/mol. The summed E-state index contributed by atoms with van der Waals surface area (Å²) in [5.74, 6) is 1.61. The van der Waals surface area contributed by atoms with Gasteiger partial charge < -0.3 is 19.6 Å². The monoisotopic (exact) mass is 328 g/mol. The van der Waals surface area contributed by atoms with Crippen molar-refractivity contribution in [3.05, 3.63) is 48.0 Å². The first-order valence-electron chi connectivity index (χ1n) is 7.80. The molecular weight excluding hydrogens is 304 g/mol. The highest BCUT2D eigenvalue weighted by Gasteiger charge is 2.09. The smallest absolute Gasteiger partial charge is 0.126 e. The number of likely N-dealkylation sites (N-methyl/N-ethyl adjacent to an activating group) is 1. The molecule has 0 fully saturated rings. The SMILES string of the molecule is COc1ccc(/C(C)=N/O)cc1-c1ccc(OCCN(C)C)cc1. The molecule has 2 rings (SSSR count). The molecular formula is C19H24N2O3. The van der Waals surface area contributed by atoms with E-state index in [2.05, 4.69) is 10.1 Å². The molecule has 0 aliphatic heterocycles. The van der Waals surface area contributed by atoms with Gasteiger partial charge in [0.15, 0.2) is 0 Å². The largest absolute Gasteiger partial charge is 0.496 e. The van der Waals surface area contributed by atoms with Crippen LogP contribution < -0.4 is 9.47 Å². The molecule has 0 amide bonds. The molecule has 0 radical (unpaired) electrons. The van der Waals surface area contributed by atoms with Gasteiger partial charge >= 0.3 is 0 Å². The van der Waals surface area contributed by atoms with Crippen LogP contribution in [0.2, 0.25) is 0 Å². The fourth-order valence-electron chi connectivity index (χ4n) is 2.29. The van der Waals surface area contributed by atoms with Gasteiger partial charge in [-0.05, 0) is 62.5 Å². The molecule has 5 nitrogen and oxygen atoms in total. The maximum atomic E-state index is 8.97. The summed E-state index contributed by atoms with van der Waals surface area (Å²) in [6.07, 6.45) is 0. The predicted octanol–water partition coefficient (Wildman–Crippen LogP) is 3.50. The van der Waals surface area contributed by atoms with E-state index < -0.39 is 0 Å². The van der Waals surface area contributed by atoms with Gasteiger partial charge in [-0.1, -0.05) is 17.3 Å². The molecule has 128 valence electrons. The lowest BCUT2D eigenvalue weighted by Crippen LogP contribution is -2.19. The van der Waals surface area contributed by atoms with E-state index in [1.165, 1.54) is 0 Å². The molecule has 0 bridgehead atoms. The van der Waals surface area contributed by atoms with Crippen molar-refractivity contribution in [2.45, 2.75) is 6.92 Å². The lowest BCUT2D eigenvalue weighted by Gasteiger charge is -2.13. The van der Waals surface area contributed by atoms with Crippen molar-refractivity contribution >= 4 is 5.71 Å². The number of rotatable bonds is 7. The molecule has 0 aliphatic rings. The Balaban J connectivity index is 2.24. The number of benzene rings is 2. The summed E-state index contributed by atoms with van der Waals surface area (Å²) in [5, 5.41) is 12.2. The number of methoxy groups -OCH3 is 1. The van der Waals surface area contributed by atoms with Crippen LogP contribution in [0.3, 0.4) is 0 Å². The van der Waals surface area contributed by atoms with Crippen LogP contribution in [0.15, 0.2) is 47.6 Å². The minimum atomic E-state index is 0.558. The van der Waals surface area contributed by atoms with Crippen molar-refractivity contribution in [2.24, 2.45) is 5.16 Å². The highest BCUT2D eigenvalue weighted by Crippen LogP contribution is 2.32. The maximum Gasteiger partial charge on any atom is 0.126 e. The van der Waals surface area contributed by atoms with Gasteiger partial charge in [-0.25, -0.2) is 0 Å². The van der Waals surface area contributed by atoms with E-state index in [1.807, 2.05) is 56.6 Å². The lowest BCUT2D eigenvalue weighted by atomic mass is 10.00. The van der Waals surface area contributed by atoms with Crippen LogP contribution in [0.5, 0.6) is 11.5 Å². The summed E-state index contributed by atoms with van der Waals surface area (Å²) in [6.45, 7) is 3.28. The number of ether oxygens (including phenoxy) is 2. The molecule has 0 spiro atoms. The summed E-state index contributed by atoms with van der Waals surface area (Å²) in [4.78, 5) is 2.08. The quantitative estimate of drug-likeness (QED) is 0.480. The molecule has 1 N–H and O–H groups in total. The van der Waals surface area contributed by atoms with Crippen molar-refractivity contribution in [1.29, 1.82) is 0 Å². The van der Waals surface area contributed by atoms with Crippen LogP contribution in [0.1, 0.15) is 12.5 Å². The summed E-state index contributed by atoms with van der Waals surface area (Å²) in [7, 11) is 5.68. The number of nitrogens with zero attached hydrogens (tertiary/aromatic N) is 2. The molecule has 5 heteroatoms. The van der Waals surface area contributed by atoms with E-state index in [0.29, 0.717) is 12.3 Å². The van der Waals surface area contributed by atoms with Crippen molar-refractivity contribution in [1.82, 2.24) is 4.90 Å². The normalized spacial score (nSPS) is 11.6. The maximum absolute atomic E-state index is 8.97. The fraction of sp³-hybridized carbons (Fsp3) is 0.316. The molecule has 0 saturated carbocycles. The van der Waals surface area contributed by atoms with E-state index in [4.69, 9.17) is 14.7 Å². The molecule has 0 heterocycles. The third kappa shape index (κ3) is 4.49. The Bertz CT molecular complexity index is 694. The Hall–Kier alpha value is -2.53. The van der Waals surface area contributed by atoms with E-state index in [1.54, 1.807) is 14.0 Å². The second-order valence-electron chi connectivity index (χ2n) is 5.78. The Morgan fingerprint density at radius 2 is 1.83 bits per heavy atom. The number of hydrogen-bond acceptors (Lipinski definition) is 5. The predicted molar refractivity (Wildman–Crippen MR) is 96.5 cm³/mol. The van der Waals surface area contributed by atoms with Gasteiger partial charge in [-0.15, -0.1) is 0 Å². The fourth-order valence-corrected chi connectivity index (χ4v) is 2.29. The third-order valence-corrected chi connectivity index (χ3v) is 3.74. The first kappa shape index (κ1) is 17.8. The Kier molecular flexibility index (Phi) is 6.21. The average Bonchev–Trinajstić information content (AvgIpc) is 2.60. The van der Waals surface area contributed by atoms with Crippen LogP contribution in [0, 0.1) is 0 Å². The van der Waals surface area contributed by atoms with Crippen LogP contribution in [0.4, 0.5) is 0 Å². The third-order valence-electron chi connectivity index (χ3n) is 3.74. The molecule has 0 unspecified atom stereocenters. The van der Waals surface area contributed by atoms with Crippen molar-refractivity contribution in [3.8, 4) is 22.6 Å². The second-order valence-corrected chi connectivity index (χ2v) is 5.78. The van der Waals surface area contributed by atoms with E-state index in [0.717, 1.165) is 34.7 Å². The summed E-state index contributed by atoms with van der Waals surface area (Å²) >= 11 is 0. The van der Waals surface area contributed by atoms with Crippen LogP contribution in [0.25, 0.3) is 11.1 Å². The first-order chi connectivity index (χ1) is 11.5. The van der Waals surface area contributed by atoms with Gasteiger partial charge in [0, 0.05) is 12.1 Å². The van der Waals surface area contributed by atoms with Crippen LogP contribution in [-0.2, 0) is 0 Å². The lowest BCUT2D eigenvalue weighted by molar-refractivity contribution is 0.261. The summed E-state index contributed by atoms with van der Waals surface area (Å²) < 4.78 is 11.2. The Morgan fingerprint density at radius 3 is 2.42 bits per heavy atom. The zero-order chi connectivity index (χ0) is 17.5.